The summed E-state index contributed by atoms with van der Waals surface area (Å²) < 4.78 is 7.72. The Kier molecular flexibility index (Phi) is 5.61. The third kappa shape index (κ3) is 4.87. The number of carbonyl (C=O) groups excluding carboxylic acids is 1. The minimum absolute atomic E-state index is 0.314. The number of nitrogens with one attached hydrogen (secondary N) is 2. The lowest BCUT2D eigenvalue weighted by atomic mass is 10.2. The molecular formula is C23H22N6O2. The summed E-state index contributed by atoms with van der Waals surface area (Å²) in [6.45, 7) is 5.90. The molecule has 0 unspecified atom stereocenters. The summed E-state index contributed by atoms with van der Waals surface area (Å²) in [6, 6.07) is 16.1. The molecule has 2 aromatic heterocycles. The molecule has 2 heterocycles. The molecular weight excluding hydrogens is 392 g/mol. The van der Waals surface area contributed by atoms with E-state index in [2.05, 4.69) is 25.6 Å². The zero-order valence-corrected chi connectivity index (χ0v) is 17.5. The Hall–Kier alpha value is -4.20. The zero-order valence-electron chi connectivity index (χ0n) is 17.5. The van der Waals surface area contributed by atoms with Crippen LogP contribution in [0, 0.1) is 20.8 Å². The van der Waals surface area contributed by atoms with E-state index in [1.165, 1.54) is 6.33 Å². The number of imidazole rings is 1. The molecule has 0 aliphatic carbocycles. The van der Waals surface area contributed by atoms with Crippen molar-refractivity contribution in [3.05, 3.63) is 84.2 Å². The van der Waals surface area contributed by atoms with E-state index in [4.69, 9.17) is 4.74 Å². The van der Waals surface area contributed by atoms with Gasteiger partial charge in [-0.1, -0.05) is 12.1 Å². The normalized spacial score (nSPS) is 10.5. The first-order chi connectivity index (χ1) is 15.0. The van der Waals surface area contributed by atoms with Crippen LogP contribution in [-0.4, -0.2) is 25.6 Å². The van der Waals surface area contributed by atoms with E-state index in [0.717, 1.165) is 22.6 Å². The molecule has 0 atom stereocenters. The SMILES string of the molecule is Cc1cccc(NC(=O)Nc2ccc(Oc3cc(-n4cnc(C)c4C)ncn3)cc2)c1. The Morgan fingerprint density at radius 1 is 0.903 bits per heavy atom. The molecule has 0 radical (unpaired) electrons. The molecule has 8 nitrogen and oxygen atoms in total. The molecule has 2 N–H and O–H groups in total. The fraction of sp³-hybridized carbons (Fsp3) is 0.130. The van der Waals surface area contributed by atoms with Crippen LogP contribution in [0.4, 0.5) is 16.2 Å². The molecule has 0 bridgehead atoms. The van der Waals surface area contributed by atoms with Crippen LogP contribution in [0.15, 0.2) is 67.3 Å². The number of carbonyl (C=O) groups is 1. The van der Waals surface area contributed by atoms with Gasteiger partial charge >= 0.3 is 6.03 Å². The third-order valence-electron chi connectivity index (χ3n) is 4.74. The zero-order chi connectivity index (χ0) is 21.8. The molecule has 0 fully saturated rings. The molecule has 4 aromatic rings. The monoisotopic (exact) mass is 414 g/mol. The lowest BCUT2D eigenvalue weighted by Crippen LogP contribution is -2.19. The number of hydrogen-bond acceptors (Lipinski definition) is 5. The number of hydrogen-bond donors (Lipinski definition) is 2. The number of benzene rings is 2. The summed E-state index contributed by atoms with van der Waals surface area (Å²) >= 11 is 0. The average molecular weight is 414 g/mol. The molecule has 156 valence electrons. The Labute approximate surface area is 180 Å². The molecule has 2 aromatic carbocycles. The fourth-order valence-corrected chi connectivity index (χ4v) is 2.99. The van der Waals surface area contributed by atoms with Crippen LogP contribution in [-0.2, 0) is 0 Å². The van der Waals surface area contributed by atoms with Crippen molar-refractivity contribution >= 4 is 17.4 Å². The summed E-state index contributed by atoms with van der Waals surface area (Å²) in [5.41, 5.74) is 4.40. The van der Waals surface area contributed by atoms with Gasteiger partial charge in [0.1, 0.15) is 24.2 Å². The van der Waals surface area contributed by atoms with Gasteiger partial charge in [0.05, 0.1) is 5.69 Å². The van der Waals surface area contributed by atoms with Crippen molar-refractivity contribution in [2.75, 3.05) is 10.6 Å². The number of aryl methyl sites for hydroxylation is 2. The van der Waals surface area contributed by atoms with Crippen molar-refractivity contribution in [3.63, 3.8) is 0 Å². The van der Waals surface area contributed by atoms with Crippen molar-refractivity contribution in [1.29, 1.82) is 0 Å². The number of aromatic nitrogens is 4. The van der Waals surface area contributed by atoms with Crippen molar-refractivity contribution in [2.45, 2.75) is 20.8 Å². The van der Waals surface area contributed by atoms with Crippen LogP contribution in [0.25, 0.3) is 5.82 Å². The van der Waals surface area contributed by atoms with E-state index in [0.29, 0.717) is 23.1 Å². The minimum atomic E-state index is -0.314. The number of urea groups is 1. The van der Waals surface area contributed by atoms with Crippen LogP contribution in [0.5, 0.6) is 11.6 Å². The summed E-state index contributed by atoms with van der Waals surface area (Å²) in [6.07, 6.45) is 3.17. The van der Waals surface area contributed by atoms with Crippen molar-refractivity contribution in [1.82, 2.24) is 19.5 Å². The standard InChI is InChI=1S/C23H22N6O2/c1-15-5-4-6-19(11-15)28-23(30)27-18-7-9-20(10-8-18)31-22-12-21(24-13-25-22)29-14-26-16(2)17(29)3/h4-14H,1-3H3,(H2,27,28,30). The van der Waals surface area contributed by atoms with E-state index in [1.807, 2.05) is 49.6 Å². The summed E-state index contributed by atoms with van der Waals surface area (Å²) in [5, 5.41) is 5.61. The lowest BCUT2D eigenvalue weighted by molar-refractivity contribution is 0.262. The third-order valence-corrected chi connectivity index (χ3v) is 4.74. The topological polar surface area (TPSA) is 94.0 Å². The van der Waals surface area contributed by atoms with E-state index >= 15 is 0 Å². The van der Waals surface area contributed by atoms with Crippen LogP contribution in [0.1, 0.15) is 17.0 Å². The first-order valence-corrected chi connectivity index (χ1v) is 9.73. The highest BCUT2D eigenvalue weighted by Gasteiger charge is 2.09. The van der Waals surface area contributed by atoms with Gasteiger partial charge in [0.15, 0.2) is 0 Å². The first kappa shape index (κ1) is 20.1. The van der Waals surface area contributed by atoms with E-state index in [1.54, 1.807) is 36.7 Å². The number of nitrogens with zero attached hydrogens (tertiary/aromatic N) is 4. The van der Waals surface area contributed by atoms with Gasteiger partial charge in [-0.3, -0.25) is 4.57 Å². The Morgan fingerprint density at radius 3 is 2.39 bits per heavy atom. The van der Waals surface area contributed by atoms with Gasteiger partial charge in [-0.15, -0.1) is 0 Å². The maximum absolute atomic E-state index is 12.2. The second-order valence-electron chi connectivity index (χ2n) is 7.07. The van der Waals surface area contributed by atoms with Gasteiger partial charge in [0.25, 0.3) is 0 Å². The molecule has 0 saturated heterocycles. The number of ether oxygens (including phenoxy) is 1. The van der Waals surface area contributed by atoms with Crippen LogP contribution in [0.2, 0.25) is 0 Å². The van der Waals surface area contributed by atoms with Crippen LogP contribution in [0.3, 0.4) is 0 Å². The van der Waals surface area contributed by atoms with Crippen molar-refractivity contribution in [2.24, 2.45) is 0 Å². The van der Waals surface area contributed by atoms with E-state index in [9.17, 15) is 4.79 Å². The summed E-state index contributed by atoms with van der Waals surface area (Å²) in [7, 11) is 0. The Bertz CT molecular complexity index is 1220. The Morgan fingerprint density at radius 2 is 1.68 bits per heavy atom. The molecule has 31 heavy (non-hydrogen) atoms. The van der Waals surface area contributed by atoms with Gasteiger partial charge in [-0.25, -0.2) is 19.7 Å². The molecule has 0 aliphatic rings. The highest BCUT2D eigenvalue weighted by atomic mass is 16.5. The highest BCUT2D eigenvalue weighted by Crippen LogP contribution is 2.23. The fourth-order valence-electron chi connectivity index (χ4n) is 2.99. The number of anilines is 2. The van der Waals surface area contributed by atoms with E-state index in [-0.39, 0.29) is 6.03 Å². The van der Waals surface area contributed by atoms with Crippen LogP contribution < -0.4 is 15.4 Å². The molecule has 4 rings (SSSR count). The minimum Gasteiger partial charge on any atom is -0.439 e. The molecule has 2 amide bonds. The second-order valence-corrected chi connectivity index (χ2v) is 7.07. The van der Waals surface area contributed by atoms with Gasteiger partial charge in [0.2, 0.25) is 5.88 Å². The predicted octanol–water partition coefficient (Wildman–Crippen LogP) is 5.02. The predicted molar refractivity (Wildman–Crippen MR) is 119 cm³/mol. The maximum atomic E-state index is 12.2. The van der Waals surface area contributed by atoms with Gasteiger partial charge in [-0.2, -0.15) is 0 Å². The maximum Gasteiger partial charge on any atom is 0.323 e. The largest absolute Gasteiger partial charge is 0.439 e. The first-order valence-electron chi connectivity index (χ1n) is 9.73. The van der Waals surface area contributed by atoms with Crippen molar-refractivity contribution < 1.29 is 9.53 Å². The second kappa shape index (κ2) is 8.66. The molecule has 0 saturated carbocycles. The Balaban J connectivity index is 1.40. The summed E-state index contributed by atoms with van der Waals surface area (Å²) in [5.74, 6) is 1.68. The quantitative estimate of drug-likeness (QED) is 0.478. The summed E-state index contributed by atoms with van der Waals surface area (Å²) in [4.78, 5) is 24.9. The number of rotatable bonds is 5. The highest BCUT2D eigenvalue weighted by molar-refractivity contribution is 5.99. The van der Waals surface area contributed by atoms with Gasteiger partial charge < -0.3 is 15.4 Å². The molecule has 0 aliphatic heterocycles. The number of amides is 2. The molecule has 0 spiro atoms. The van der Waals surface area contributed by atoms with Crippen molar-refractivity contribution in [3.8, 4) is 17.4 Å². The smallest absolute Gasteiger partial charge is 0.323 e. The average Bonchev–Trinajstić information content (AvgIpc) is 3.08. The van der Waals surface area contributed by atoms with Gasteiger partial charge in [-0.05, 0) is 62.7 Å². The van der Waals surface area contributed by atoms with Crippen LogP contribution >= 0.6 is 0 Å². The van der Waals surface area contributed by atoms with E-state index < -0.39 is 0 Å². The molecule has 8 heteroatoms. The van der Waals surface area contributed by atoms with Gasteiger partial charge in [0, 0.05) is 23.1 Å². The lowest BCUT2D eigenvalue weighted by Gasteiger charge is -2.10.